The number of fused-ring (bicyclic) bond motifs is 1. The van der Waals surface area contributed by atoms with E-state index in [1.807, 2.05) is 11.9 Å². The number of hydrogen-bond donors (Lipinski definition) is 3. The normalized spacial score (nSPS) is 26.0. The number of urea groups is 1. The number of rotatable bonds is 5. The summed E-state index contributed by atoms with van der Waals surface area (Å²) in [6.45, 7) is 4.14. The fourth-order valence-electron chi connectivity index (χ4n) is 4.79. The SMILES string of the molecule is CN1CCN(C(=O)CC[C@H]2CNC(=O)[C@H]3C[C@H](NC(=O)Nc4ccc(F)cc4F)CN23)CC1. The Morgan fingerprint density at radius 2 is 1.94 bits per heavy atom. The van der Waals surface area contributed by atoms with Gasteiger partial charge in [0.2, 0.25) is 11.8 Å². The molecule has 0 spiro atoms. The van der Waals surface area contributed by atoms with Crippen LogP contribution in [0.1, 0.15) is 19.3 Å². The van der Waals surface area contributed by atoms with Gasteiger partial charge in [-0.15, -0.1) is 0 Å². The van der Waals surface area contributed by atoms with Gasteiger partial charge in [0.15, 0.2) is 0 Å². The van der Waals surface area contributed by atoms with E-state index in [1.54, 1.807) is 0 Å². The Morgan fingerprint density at radius 3 is 2.67 bits per heavy atom. The van der Waals surface area contributed by atoms with Crippen LogP contribution in [0.15, 0.2) is 18.2 Å². The molecule has 1 aromatic carbocycles. The molecule has 0 aromatic heterocycles. The van der Waals surface area contributed by atoms with E-state index in [-0.39, 0.29) is 35.6 Å². The molecule has 0 radical (unpaired) electrons. The number of halogens is 2. The van der Waals surface area contributed by atoms with Gasteiger partial charge in [0.1, 0.15) is 11.6 Å². The standard InChI is InChI=1S/C22H30F2N6O3/c1-28-6-8-29(9-7-28)20(31)5-3-16-12-25-21(32)19-11-15(13-30(16)19)26-22(33)27-18-4-2-14(23)10-17(18)24/h2,4,10,15-16,19H,3,5-9,11-13H2,1H3,(H,25,32)(H2,26,27,33)/t15-,16-,19+/m0/s1. The summed E-state index contributed by atoms with van der Waals surface area (Å²) in [6, 6.07) is 1.62. The third-order valence-corrected chi connectivity index (χ3v) is 6.68. The van der Waals surface area contributed by atoms with Crippen LogP contribution in [0.4, 0.5) is 19.3 Å². The lowest BCUT2D eigenvalue weighted by molar-refractivity contribution is -0.133. The van der Waals surface area contributed by atoms with Crippen LogP contribution in [0.3, 0.4) is 0 Å². The van der Waals surface area contributed by atoms with Gasteiger partial charge in [-0.3, -0.25) is 14.5 Å². The molecule has 3 saturated heterocycles. The summed E-state index contributed by atoms with van der Waals surface area (Å²) in [5, 5.41) is 8.07. The lowest BCUT2D eigenvalue weighted by atomic mass is 10.0. The average Bonchev–Trinajstić information content (AvgIpc) is 3.20. The highest BCUT2D eigenvalue weighted by Crippen LogP contribution is 2.26. The van der Waals surface area contributed by atoms with Gasteiger partial charge in [0, 0.05) is 63.8 Å². The molecule has 0 aliphatic carbocycles. The predicted molar refractivity (Wildman–Crippen MR) is 118 cm³/mol. The number of nitrogens with zero attached hydrogens (tertiary/aromatic N) is 3. The third kappa shape index (κ3) is 5.59. The zero-order valence-electron chi connectivity index (χ0n) is 18.7. The summed E-state index contributed by atoms with van der Waals surface area (Å²) in [5.41, 5.74) is -0.123. The first-order valence-corrected chi connectivity index (χ1v) is 11.3. The number of nitrogens with one attached hydrogen (secondary N) is 3. The van der Waals surface area contributed by atoms with E-state index in [2.05, 4.69) is 25.8 Å². The largest absolute Gasteiger partial charge is 0.353 e. The van der Waals surface area contributed by atoms with Crippen molar-refractivity contribution in [3.63, 3.8) is 0 Å². The molecule has 3 aliphatic rings. The number of hydrogen-bond acceptors (Lipinski definition) is 5. The number of anilines is 1. The highest BCUT2D eigenvalue weighted by Gasteiger charge is 2.44. The van der Waals surface area contributed by atoms with Gasteiger partial charge in [-0.2, -0.15) is 0 Å². The number of piperazine rings is 2. The third-order valence-electron chi connectivity index (χ3n) is 6.68. The first-order valence-electron chi connectivity index (χ1n) is 11.3. The van der Waals surface area contributed by atoms with Crippen molar-refractivity contribution in [2.75, 3.05) is 51.6 Å². The fourth-order valence-corrected chi connectivity index (χ4v) is 4.79. The van der Waals surface area contributed by atoms with Crippen molar-refractivity contribution in [1.82, 2.24) is 25.3 Å². The smallest absolute Gasteiger partial charge is 0.319 e. The monoisotopic (exact) mass is 464 g/mol. The van der Waals surface area contributed by atoms with Gasteiger partial charge >= 0.3 is 6.03 Å². The van der Waals surface area contributed by atoms with Crippen molar-refractivity contribution in [3.05, 3.63) is 29.8 Å². The summed E-state index contributed by atoms with van der Waals surface area (Å²) in [6.07, 6.45) is 1.46. The summed E-state index contributed by atoms with van der Waals surface area (Å²) >= 11 is 0. The van der Waals surface area contributed by atoms with Crippen molar-refractivity contribution < 1.29 is 23.2 Å². The van der Waals surface area contributed by atoms with Crippen LogP contribution in [0.25, 0.3) is 0 Å². The van der Waals surface area contributed by atoms with Crippen molar-refractivity contribution in [2.24, 2.45) is 0 Å². The Balaban J connectivity index is 1.30. The van der Waals surface area contributed by atoms with E-state index in [0.29, 0.717) is 38.4 Å². The Morgan fingerprint density at radius 1 is 1.18 bits per heavy atom. The van der Waals surface area contributed by atoms with E-state index in [9.17, 15) is 23.2 Å². The van der Waals surface area contributed by atoms with Crippen LogP contribution in [-0.2, 0) is 9.59 Å². The molecule has 3 heterocycles. The molecule has 3 atom stereocenters. The second-order valence-electron chi connectivity index (χ2n) is 8.99. The summed E-state index contributed by atoms with van der Waals surface area (Å²) < 4.78 is 26.8. The maximum absolute atomic E-state index is 13.8. The lowest BCUT2D eigenvalue weighted by Gasteiger charge is -2.38. The van der Waals surface area contributed by atoms with Gasteiger partial charge in [0.05, 0.1) is 11.7 Å². The minimum atomic E-state index is -0.863. The first kappa shape index (κ1) is 23.4. The maximum atomic E-state index is 13.8. The number of amides is 4. The van der Waals surface area contributed by atoms with E-state index < -0.39 is 17.7 Å². The van der Waals surface area contributed by atoms with Crippen LogP contribution in [-0.4, -0.2) is 97.0 Å². The molecule has 3 fully saturated rings. The van der Waals surface area contributed by atoms with E-state index >= 15 is 0 Å². The predicted octanol–water partition coefficient (Wildman–Crippen LogP) is 0.582. The Labute approximate surface area is 191 Å². The molecule has 0 saturated carbocycles. The molecule has 0 unspecified atom stereocenters. The van der Waals surface area contributed by atoms with Crippen molar-refractivity contribution in [3.8, 4) is 0 Å². The number of benzene rings is 1. The second-order valence-corrected chi connectivity index (χ2v) is 8.99. The number of likely N-dealkylation sites (N-methyl/N-ethyl adjacent to an activating group) is 1. The Kier molecular flexibility index (Phi) is 7.08. The Hall–Kier alpha value is -2.79. The van der Waals surface area contributed by atoms with Crippen LogP contribution in [0.2, 0.25) is 0 Å². The highest BCUT2D eigenvalue weighted by atomic mass is 19.1. The lowest BCUT2D eigenvalue weighted by Crippen LogP contribution is -2.58. The van der Waals surface area contributed by atoms with Gasteiger partial charge in [-0.1, -0.05) is 0 Å². The van der Waals surface area contributed by atoms with Crippen LogP contribution >= 0.6 is 0 Å². The highest BCUT2D eigenvalue weighted by molar-refractivity contribution is 5.90. The quantitative estimate of drug-likeness (QED) is 0.593. The van der Waals surface area contributed by atoms with E-state index in [4.69, 9.17) is 0 Å². The molecule has 4 rings (SSSR count). The molecular weight excluding hydrogens is 434 g/mol. The van der Waals surface area contributed by atoms with Crippen LogP contribution in [0.5, 0.6) is 0 Å². The molecular formula is C22H30F2N6O3. The zero-order chi connectivity index (χ0) is 23.5. The molecule has 3 N–H and O–H groups in total. The van der Waals surface area contributed by atoms with Gasteiger partial charge in [-0.25, -0.2) is 13.6 Å². The van der Waals surface area contributed by atoms with Gasteiger partial charge < -0.3 is 25.8 Å². The minimum absolute atomic E-state index is 0.00789. The fraction of sp³-hybridized carbons (Fsp3) is 0.591. The number of carbonyl (C=O) groups excluding carboxylic acids is 3. The molecule has 1 aromatic rings. The molecule has 4 amide bonds. The van der Waals surface area contributed by atoms with Crippen molar-refractivity contribution in [1.29, 1.82) is 0 Å². The van der Waals surface area contributed by atoms with Crippen molar-refractivity contribution in [2.45, 2.75) is 37.4 Å². The topological polar surface area (TPSA) is 97.0 Å². The first-order chi connectivity index (χ1) is 15.8. The second kappa shape index (κ2) is 10.0. The summed E-state index contributed by atoms with van der Waals surface area (Å²) in [4.78, 5) is 43.5. The molecule has 33 heavy (non-hydrogen) atoms. The summed E-state index contributed by atoms with van der Waals surface area (Å²) in [7, 11) is 2.04. The van der Waals surface area contributed by atoms with Crippen molar-refractivity contribution >= 4 is 23.5 Å². The van der Waals surface area contributed by atoms with Gasteiger partial charge in [0.25, 0.3) is 0 Å². The molecule has 0 bridgehead atoms. The van der Waals surface area contributed by atoms with E-state index in [0.717, 1.165) is 38.3 Å². The summed E-state index contributed by atoms with van der Waals surface area (Å²) in [5.74, 6) is -1.55. The molecule has 180 valence electrons. The van der Waals surface area contributed by atoms with E-state index in [1.165, 1.54) is 0 Å². The average molecular weight is 465 g/mol. The zero-order valence-corrected chi connectivity index (χ0v) is 18.7. The van der Waals surface area contributed by atoms with Crippen LogP contribution in [0, 0.1) is 11.6 Å². The van der Waals surface area contributed by atoms with Gasteiger partial charge in [-0.05, 0) is 32.0 Å². The number of carbonyl (C=O) groups is 3. The maximum Gasteiger partial charge on any atom is 0.319 e. The molecule has 3 aliphatic heterocycles. The molecule has 9 nitrogen and oxygen atoms in total. The van der Waals surface area contributed by atoms with Crippen LogP contribution < -0.4 is 16.0 Å². The minimum Gasteiger partial charge on any atom is -0.353 e. The Bertz CT molecular complexity index is 908. The molecule has 11 heteroatoms.